The van der Waals surface area contributed by atoms with Crippen LogP contribution in [0.4, 0.5) is 0 Å². The van der Waals surface area contributed by atoms with Crippen LogP contribution in [0.2, 0.25) is 0 Å². The molecule has 2 aliphatic rings. The molecule has 0 saturated carbocycles. The first kappa shape index (κ1) is 7.53. The van der Waals surface area contributed by atoms with E-state index >= 15 is 0 Å². The van der Waals surface area contributed by atoms with Crippen LogP contribution in [0, 0.1) is 0 Å². The van der Waals surface area contributed by atoms with Gasteiger partial charge in [0.1, 0.15) is 0 Å². The lowest BCUT2D eigenvalue weighted by Gasteiger charge is -2.21. The quantitative estimate of drug-likeness (QED) is 0.540. The summed E-state index contributed by atoms with van der Waals surface area (Å²) in [5.41, 5.74) is 5.67. The van der Waals surface area contributed by atoms with Gasteiger partial charge in [-0.3, -0.25) is 4.90 Å². The maximum atomic E-state index is 9.03. The average Bonchev–Trinajstić information content (AvgIpc) is 2.46. The first-order valence-electron chi connectivity index (χ1n) is 4.37. The molecule has 11 heavy (non-hydrogen) atoms. The van der Waals surface area contributed by atoms with Crippen molar-refractivity contribution in [2.24, 2.45) is 5.73 Å². The highest BCUT2D eigenvalue weighted by atomic mass is 16.3. The van der Waals surface area contributed by atoms with E-state index in [0.717, 1.165) is 13.0 Å². The molecule has 0 aromatic carbocycles. The van der Waals surface area contributed by atoms with Crippen molar-refractivity contribution in [3.63, 3.8) is 0 Å². The molecule has 0 spiro atoms. The Hall–Kier alpha value is -0.120. The summed E-state index contributed by atoms with van der Waals surface area (Å²) in [5, 5.41) is 9.03. The Morgan fingerprint density at radius 1 is 1.64 bits per heavy atom. The molecule has 2 rings (SSSR count). The number of nitrogens with zero attached hydrogens (tertiary/aromatic N) is 1. The van der Waals surface area contributed by atoms with E-state index < -0.39 is 0 Å². The number of aliphatic hydroxyl groups is 1. The van der Waals surface area contributed by atoms with E-state index in [9.17, 15) is 0 Å². The van der Waals surface area contributed by atoms with E-state index in [-0.39, 0.29) is 12.1 Å². The van der Waals surface area contributed by atoms with Crippen LogP contribution in [0.5, 0.6) is 0 Å². The molecule has 3 nitrogen and oxygen atoms in total. The van der Waals surface area contributed by atoms with Crippen molar-refractivity contribution in [2.75, 3.05) is 19.7 Å². The fraction of sp³-hybridized carbons (Fsp3) is 1.00. The number of aliphatic hydroxyl groups excluding tert-OH is 1. The van der Waals surface area contributed by atoms with Crippen LogP contribution in [0.25, 0.3) is 0 Å². The molecule has 2 saturated heterocycles. The highest BCUT2D eigenvalue weighted by Crippen LogP contribution is 2.32. The van der Waals surface area contributed by atoms with E-state index in [1.165, 1.54) is 19.4 Å². The van der Waals surface area contributed by atoms with E-state index in [1.54, 1.807) is 0 Å². The van der Waals surface area contributed by atoms with Crippen molar-refractivity contribution in [1.29, 1.82) is 0 Å². The van der Waals surface area contributed by atoms with Gasteiger partial charge in [-0.1, -0.05) is 0 Å². The van der Waals surface area contributed by atoms with Gasteiger partial charge < -0.3 is 10.8 Å². The van der Waals surface area contributed by atoms with E-state index in [0.29, 0.717) is 6.04 Å². The second-order valence-corrected chi connectivity index (χ2v) is 3.99. The monoisotopic (exact) mass is 156 g/mol. The smallest absolute Gasteiger partial charge is 0.0624 e. The Labute approximate surface area is 67.2 Å². The Balaban J connectivity index is 2.04. The van der Waals surface area contributed by atoms with Gasteiger partial charge in [0.05, 0.1) is 12.1 Å². The Morgan fingerprint density at radius 2 is 2.45 bits per heavy atom. The van der Waals surface area contributed by atoms with E-state index in [2.05, 4.69) is 4.90 Å². The van der Waals surface area contributed by atoms with Gasteiger partial charge in [0.15, 0.2) is 0 Å². The zero-order valence-electron chi connectivity index (χ0n) is 6.79. The number of rotatable bonds is 1. The summed E-state index contributed by atoms with van der Waals surface area (Å²) in [6.45, 7) is 2.22. The van der Waals surface area contributed by atoms with Gasteiger partial charge in [0.2, 0.25) is 0 Å². The minimum atomic E-state index is -0.287. The van der Waals surface area contributed by atoms with Crippen LogP contribution in [-0.4, -0.2) is 41.3 Å². The Kier molecular flexibility index (Phi) is 1.67. The van der Waals surface area contributed by atoms with Gasteiger partial charge in [0.25, 0.3) is 0 Å². The standard InChI is InChI=1S/C8H16N2O/c9-8(6-11)4-7-2-1-3-10(7)5-8/h7,11H,1-6,9H2. The molecule has 0 bridgehead atoms. The van der Waals surface area contributed by atoms with Crippen LogP contribution in [0.1, 0.15) is 19.3 Å². The second kappa shape index (κ2) is 2.44. The maximum absolute atomic E-state index is 9.03. The largest absolute Gasteiger partial charge is 0.394 e. The topological polar surface area (TPSA) is 49.5 Å². The molecule has 2 heterocycles. The van der Waals surface area contributed by atoms with Gasteiger partial charge in [-0.2, -0.15) is 0 Å². The molecule has 0 aliphatic carbocycles. The van der Waals surface area contributed by atoms with Crippen LogP contribution in [-0.2, 0) is 0 Å². The van der Waals surface area contributed by atoms with Crippen molar-refractivity contribution in [3.05, 3.63) is 0 Å². The van der Waals surface area contributed by atoms with Gasteiger partial charge in [-0.15, -0.1) is 0 Å². The van der Waals surface area contributed by atoms with E-state index in [4.69, 9.17) is 10.8 Å². The van der Waals surface area contributed by atoms with Crippen molar-refractivity contribution in [1.82, 2.24) is 4.90 Å². The minimum Gasteiger partial charge on any atom is -0.394 e. The molecule has 2 fully saturated rings. The first-order valence-corrected chi connectivity index (χ1v) is 4.37. The molecule has 0 aromatic rings. The van der Waals surface area contributed by atoms with Crippen molar-refractivity contribution in [2.45, 2.75) is 30.8 Å². The van der Waals surface area contributed by atoms with Gasteiger partial charge in [-0.25, -0.2) is 0 Å². The molecule has 2 atom stereocenters. The SMILES string of the molecule is NC1(CO)CC2CCCN2C1. The maximum Gasteiger partial charge on any atom is 0.0624 e. The fourth-order valence-corrected chi connectivity index (χ4v) is 2.39. The van der Waals surface area contributed by atoms with Gasteiger partial charge in [-0.05, 0) is 25.8 Å². The highest BCUT2D eigenvalue weighted by Gasteiger charge is 2.42. The van der Waals surface area contributed by atoms with Crippen LogP contribution in [0.15, 0.2) is 0 Å². The number of nitrogens with two attached hydrogens (primary N) is 1. The van der Waals surface area contributed by atoms with Crippen LogP contribution < -0.4 is 5.73 Å². The summed E-state index contributed by atoms with van der Waals surface area (Å²) in [6, 6.07) is 0.673. The predicted molar refractivity (Wildman–Crippen MR) is 43.2 cm³/mol. The van der Waals surface area contributed by atoms with Crippen LogP contribution >= 0.6 is 0 Å². The molecule has 3 N–H and O–H groups in total. The summed E-state index contributed by atoms with van der Waals surface area (Å²) >= 11 is 0. The second-order valence-electron chi connectivity index (χ2n) is 3.99. The average molecular weight is 156 g/mol. The molecule has 2 aliphatic heterocycles. The third kappa shape index (κ3) is 1.17. The molecule has 2 unspecified atom stereocenters. The molecule has 0 amide bonds. The lowest BCUT2D eigenvalue weighted by atomic mass is 9.97. The van der Waals surface area contributed by atoms with Gasteiger partial charge in [0, 0.05) is 12.6 Å². The summed E-state index contributed by atoms with van der Waals surface area (Å²) < 4.78 is 0. The fourth-order valence-electron chi connectivity index (χ4n) is 2.39. The molecular weight excluding hydrogens is 140 g/mol. The van der Waals surface area contributed by atoms with Crippen molar-refractivity contribution >= 4 is 0 Å². The third-order valence-corrected chi connectivity index (χ3v) is 2.97. The van der Waals surface area contributed by atoms with Gasteiger partial charge >= 0.3 is 0 Å². The highest BCUT2D eigenvalue weighted by molar-refractivity contribution is 5.01. The zero-order chi connectivity index (χ0) is 7.90. The van der Waals surface area contributed by atoms with Crippen LogP contribution in [0.3, 0.4) is 0 Å². The first-order chi connectivity index (χ1) is 5.23. The summed E-state index contributed by atoms with van der Waals surface area (Å²) in [5.74, 6) is 0. The molecular formula is C8H16N2O. The lowest BCUT2D eigenvalue weighted by molar-refractivity contribution is 0.194. The Morgan fingerprint density at radius 3 is 3.09 bits per heavy atom. The number of fused-ring (bicyclic) bond motifs is 1. The number of hydrogen-bond donors (Lipinski definition) is 2. The summed E-state index contributed by atoms with van der Waals surface area (Å²) in [7, 11) is 0. The van der Waals surface area contributed by atoms with Crippen molar-refractivity contribution in [3.8, 4) is 0 Å². The zero-order valence-corrected chi connectivity index (χ0v) is 6.79. The minimum absolute atomic E-state index is 0.139. The lowest BCUT2D eigenvalue weighted by Crippen LogP contribution is -2.46. The predicted octanol–water partition coefficient (Wildman–Crippen LogP) is -0.456. The van der Waals surface area contributed by atoms with E-state index in [1.807, 2.05) is 0 Å². The summed E-state index contributed by atoms with van der Waals surface area (Å²) in [6.07, 6.45) is 3.58. The third-order valence-electron chi connectivity index (χ3n) is 2.97. The molecule has 0 aromatic heterocycles. The molecule has 3 heteroatoms. The molecule has 0 radical (unpaired) electrons. The Bertz CT molecular complexity index is 148. The summed E-state index contributed by atoms with van der Waals surface area (Å²) in [4.78, 5) is 2.41. The molecule has 64 valence electrons. The van der Waals surface area contributed by atoms with Crippen molar-refractivity contribution < 1.29 is 5.11 Å². The normalized spacial score (nSPS) is 44.7. The number of hydrogen-bond acceptors (Lipinski definition) is 3.